The molecule has 0 fully saturated rings. The van der Waals surface area contributed by atoms with E-state index in [0.29, 0.717) is 0 Å². The highest BCUT2D eigenvalue weighted by molar-refractivity contribution is 5.69. The molecule has 0 aliphatic heterocycles. The summed E-state index contributed by atoms with van der Waals surface area (Å²) >= 11 is 0. The van der Waals surface area contributed by atoms with Gasteiger partial charge < -0.3 is 20.4 Å². The Bertz CT molecular complexity index is 344. The molecule has 0 aliphatic carbocycles. The van der Waals surface area contributed by atoms with Gasteiger partial charge in [0, 0.05) is 0 Å². The summed E-state index contributed by atoms with van der Waals surface area (Å²) < 4.78 is 0. The number of carboxylic acid groups (broad SMARTS) is 4. The maximum absolute atomic E-state index is 9.53. The molecule has 0 spiro atoms. The average Bonchev–Trinajstić information content (AvgIpc) is 2.39. The largest absolute Gasteiger partial charge is 0.481 e. The summed E-state index contributed by atoms with van der Waals surface area (Å²) in [5, 5.41) is 31.4. The lowest BCUT2D eigenvalue weighted by Crippen LogP contribution is -1.88. The highest BCUT2D eigenvalue weighted by Gasteiger charge is 1.85. The molecule has 0 aromatic heterocycles. The van der Waals surface area contributed by atoms with Crippen molar-refractivity contribution < 1.29 is 39.6 Å². The lowest BCUT2D eigenvalue weighted by atomic mass is 10.4. The molecule has 0 rings (SSSR count). The van der Waals surface area contributed by atoms with E-state index in [4.69, 9.17) is 20.4 Å². The zero-order chi connectivity index (χ0) is 20.0. The zero-order valence-corrected chi connectivity index (χ0v) is 13.4. The van der Waals surface area contributed by atoms with E-state index in [1.807, 2.05) is 0 Å². The number of hydrogen-bond acceptors (Lipinski definition) is 4. The molecule has 0 aromatic carbocycles. The minimum absolute atomic E-state index is 0.0556. The van der Waals surface area contributed by atoms with Crippen LogP contribution in [0, 0.1) is 0 Å². The van der Waals surface area contributed by atoms with Crippen molar-refractivity contribution in [1.82, 2.24) is 0 Å². The first-order valence-corrected chi connectivity index (χ1v) is 6.39. The first-order chi connectivity index (χ1) is 11.1. The summed E-state index contributed by atoms with van der Waals surface area (Å²) in [5.41, 5.74) is 0. The third-order valence-electron chi connectivity index (χ3n) is 1.28. The number of carboxylic acids is 4. The third kappa shape index (κ3) is 76.7. The van der Waals surface area contributed by atoms with Crippen LogP contribution in [-0.2, 0) is 19.2 Å². The van der Waals surface area contributed by atoms with Gasteiger partial charge in [-0.2, -0.15) is 0 Å². The van der Waals surface area contributed by atoms with E-state index in [2.05, 4.69) is 26.3 Å². The summed E-state index contributed by atoms with van der Waals surface area (Å²) in [4.78, 5) is 38.1. The van der Waals surface area contributed by atoms with Crippen LogP contribution in [0.15, 0.2) is 50.6 Å². The van der Waals surface area contributed by atoms with Crippen molar-refractivity contribution in [1.29, 1.82) is 0 Å². The molecule has 24 heavy (non-hydrogen) atoms. The third-order valence-corrected chi connectivity index (χ3v) is 1.28. The van der Waals surface area contributed by atoms with Crippen LogP contribution in [-0.4, -0.2) is 44.3 Å². The molecular weight excluding hydrogens is 320 g/mol. The fourth-order valence-corrected chi connectivity index (χ4v) is 0.494. The van der Waals surface area contributed by atoms with E-state index in [1.165, 1.54) is 24.3 Å². The van der Waals surface area contributed by atoms with Crippen molar-refractivity contribution in [3.05, 3.63) is 50.6 Å². The monoisotopic (exact) mass is 344 g/mol. The predicted molar refractivity (Wildman–Crippen MR) is 89.8 cm³/mol. The topological polar surface area (TPSA) is 149 Å². The molecule has 0 saturated heterocycles. The van der Waals surface area contributed by atoms with Crippen LogP contribution in [0.5, 0.6) is 0 Å². The molecule has 0 bridgehead atoms. The van der Waals surface area contributed by atoms with Crippen LogP contribution >= 0.6 is 0 Å². The predicted octanol–water partition coefficient (Wildman–Crippen LogP) is 2.59. The van der Waals surface area contributed by atoms with E-state index in [1.54, 1.807) is 0 Å². The Morgan fingerprint density at radius 3 is 0.625 bits per heavy atom. The van der Waals surface area contributed by atoms with Gasteiger partial charge in [0.2, 0.25) is 0 Å². The van der Waals surface area contributed by atoms with Crippen molar-refractivity contribution >= 4 is 23.9 Å². The van der Waals surface area contributed by atoms with Crippen LogP contribution < -0.4 is 0 Å². The summed E-state index contributed by atoms with van der Waals surface area (Å²) in [6.45, 7) is 12.9. The molecule has 0 aromatic rings. The molecule has 136 valence electrons. The molecule has 0 atom stereocenters. The van der Waals surface area contributed by atoms with E-state index in [-0.39, 0.29) is 25.7 Å². The van der Waals surface area contributed by atoms with Gasteiger partial charge in [0.15, 0.2) is 0 Å². The van der Waals surface area contributed by atoms with Crippen molar-refractivity contribution in [3.63, 3.8) is 0 Å². The van der Waals surface area contributed by atoms with Gasteiger partial charge in [-0.05, 0) is 0 Å². The van der Waals surface area contributed by atoms with Gasteiger partial charge in [-0.1, -0.05) is 24.3 Å². The van der Waals surface area contributed by atoms with Crippen LogP contribution in [0.1, 0.15) is 25.7 Å². The molecule has 0 aliphatic rings. The SMILES string of the molecule is C=CCC(=O)O.C=CCC(=O)O.C=CCC(=O)O.C=CCC(=O)O. The maximum atomic E-state index is 9.53. The molecule has 4 N–H and O–H groups in total. The zero-order valence-electron chi connectivity index (χ0n) is 13.4. The van der Waals surface area contributed by atoms with Gasteiger partial charge in [-0.15, -0.1) is 26.3 Å². The number of hydrogen-bond donors (Lipinski definition) is 4. The van der Waals surface area contributed by atoms with Gasteiger partial charge in [0.1, 0.15) is 0 Å². The molecule has 8 nitrogen and oxygen atoms in total. The Hall–Kier alpha value is -3.16. The van der Waals surface area contributed by atoms with Crippen LogP contribution in [0.3, 0.4) is 0 Å². The fourth-order valence-electron chi connectivity index (χ4n) is 0.494. The molecular formula is C16H24O8. The molecule has 8 heteroatoms. The second-order valence-corrected chi connectivity index (χ2v) is 3.55. The molecule has 0 radical (unpaired) electrons. The second-order valence-electron chi connectivity index (χ2n) is 3.55. The van der Waals surface area contributed by atoms with Gasteiger partial charge in [0.25, 0.3) is 0 Å². The number of aliphatic carboxylic acids is 4. The fraction of sp³-hybridized carbons (Fsp3) is 0.250. The lowest BCUT2D eigenvalue weighted by Gasteiger charge is -1.75. The lowest BCUT2D eigenvalue weighted by molar-refractivity contribution is -0.137. The standard InChI is InChI=1S/4C4H6O2/c4*1-2-3-4(5)6/h4*2H,1,3H2,(H,5,6). The average molecular weight is 344 g/mol. The van der Waals surface area contributed by atoms with Crippen LogP contribution in [0.25, 0.3) is 0 Å². The minimum atomic E-state index is -0.829. The van der Waals surface area contributed by atoms with E-state index >= 15 is 0 Å². The Kier molecular flexibility index (Phi) is 29.9. The summed E-state index contributed by atoms with van der Waals surface area (Å²) in [5.74, 6) is -3.31. The van der Waals surface area contributed by atoms with Crippen molar-refractivity contribution in [2.45, 2.75) is 25.7 Å². The Balaban J connectivity index is -0.000000111. The highest BCUT2D eigenvalue weighted by Crippen LogP contribution is 1.75. The van der Waals surface area contributed by atoms with E-state index in [9.17, 15) is 19.2 Å². The number of rotatable bonds is 8. The molecule has 0 heterocycles. The van der Waals surface area contributed by atoms with Crippen molar-refractivity contribution in [2.24, 2.45) is 0 Å². The molecule has 0 saturated carbocycles. The normalized spacial score (nSPS) is 7.33. The smallest absolute Gasteiger partial charge is 0.307 e. The van der Waals surface area contributed by atoms with E-state index in [0.717, 1.165) is 0 Å². The van der Waals surface area contributed by atoms with Crippen molar-refractivity contribution in [2.75, 3.05) is 0 Å². The summed E-state index contributed by atoms with van der Waals surface area (Å²) in [7, 11) is 0. The van der Waals surface area contributed by atoms with Gasteiger partial charge in [-0.3, -0.25) is 19.2 Å². The second kappa shape index (κ2) is 24.8. The van der Waals surface area contributed by atoms with Crippen LogP contribution in [0.4, 0.5) is 0 Å². The quantitative estimate of drug-likeness (QED) is 0.491. The first kappa shape index (κ1) is 28.9. The number of carbonyl (C=O) groups is 4. The minimum Gasteiger partial charge on any atom is -0.481 e. The van der Waals surface area contributed by atoms with Crippen LogP contribution in [0.2, 0.25) is 0 Å². The van der Waals surface area contributed by atoms with Gasteiger partial charge in [-0.25, -0.2) is 0 Å². The first-order valence-electron chi connectivity index (χ1n) is 6.39. The van der Waals surface area contributed by atoms with E-state index < -0.39 is 23.9 Å². The van der Waals surface area contributed by atoms with Crippen molar-refractivity contribution in [3.8, 4) is 0 Å². The Labute approximate surface area is 140 Å². The van der Waals surface area contributed by atoms with Gasteiger partial charge in [0.05, 0.1) is 25.7 Å². The van der Waals surface area contributed by atoms with Gasteiger partial charge >= 0.3 is 23.9 Å². The Morgan fingerprint density at radius 1 is 0.500 bits per heavy atom. The summed E-state index contributed by atoms with van der Waals surface area (Å²) in [6, 6.07) is 0. The Morgan fingerprint density at radius 2 is 0.625 bits per heavy atom. The molecule has 0 amide bonds. The summed E-state index contributed by atoms with van der Waals surface area (Å²) in [6.07, 6.45) is 5.62. The maximum Gasteiger partial charge on any atom is 0.307 e. The molecule has 0 unspecified atom stereocenters. The highest BCUT2D eigenvalue weighted by atomic mass is 16.4.